The SMILES string of the molecule is O=C([O-])/C=C/CF.[Ag+]. The Hall–Kier alpha value is -0.120. The van der Waals surface area contributed by atoms with Crippen LogP contribution in [0.25, 0.3) is 0 Å². The van der Waals surface area contributed by atoms with Crippen LogP contribution in [-0.2, 0) is 27.2 Å². The summed E-state index contributed by atoms with van der Waals surface area (Å²) >= 11 is 0. The van der Waals surface area contributed by atoms with Crippen LogP contribution in [0.1, 0.15) is 0 Å². The van der Waals surface area contributed by atoms with Crippen molar-refractivity contribution in [1.82, 2.24) is 0 Å². The van der Waals surface area contributed by atoms with Crippen LogP contribution in [0.15, 0.2) is 12.2 Å². The van der Waals surface area contributed by atoms with Gasteiger partial charge in [-0.05, 0) is 6.08 Å². The van der Waals surface area contributed by atoms with E-state index in [2.05, 4.69) is 0 Å². The third-order valence-electron chi connectivity index (χ3n) is 0.343. The molecule has 0 amide bonds. The summed E-state index contributed by atoms with van der Waals surface area (Å²) in [5.41, 5.74) is 0. The van der Waals surface area contributed by atoms with Crippen LogP contribution < -0.4 is 5.11 Å². The van der Waals surface area contributed by atoms with Crippen molar-refractivity contribution in [3.8, 4) is 0 Å². The minimum atomic E-state index is -1.36. The summed E-state index contributed by atoms with van der Waals surface area (Å²) in [4.78, 5) is 9.39. The van der Waals surface area contributed by atoms with E-state index in [1.807, 2.05) is 0 Å². The number of allylic oxidation sites excluding steroid dienone is 1. The Morgan fingerprint density at radius 3 is 2.38 bits per heavy atom. The third kappa shape index (κ3) is 9.30. The predicted octanol–water partition coefficient (Wildman–Crippen LogP) is -0.740. The van der Waals surface area contributed by atoms with E-state index in [9.17, 15) is 14.3 Å². The normalized spacial score (nSPS) is 8.62. The maximum atomic E-state index is 11.0. The molecule has 0 N–H and O–H groups in total. The van der Waals surface area contributed by atoms with E-state index in [4.69, 9.17) is 0 Å². The van der Waals surface area contributed by atoms with Gasteiger partial charge in [0.15, 0.2) is 0 Å². The fourth-order valence-corrected chi connectivity index (χ4v) is 0.141. The number of carboxylic acids is 1. The van der Waals surface area contributed by atoms with Crippen molar-refractivity contribution in [2.75, 3.05) is 6.67 Å². The zero-order valence-corrected chi connectivity index (χ0v) is 5.34. The molecule has 0 unspecified atom stereocenters. The van der Waals surface area contributed by atoms with Gasteiger partial charge in [0.1, 0.15) is 6.67 Å². The number of carbonyl (C=O) groups is 1. The topological polar surface area (TPSA) is 40.1 Å². The first-order chi connectivity index (χ1) is 3.27. The zero-order chi connectivity index (χ0) is 5.70. The first-order valence-corrected chi connectivity index (χ1v) is 1.71. The van der Waals surface area contributed by atoms with Crippen molar-refractivity contribution in [2.45, 2.75) is 0 Å². The van der Waals surface area contributed by atoms with Gasteiger partial charge in [-0.25, -0.2) is 4.39 Å². The summed E-state index contributed by atoms with van der Waals surface area (Å²) in [5.74, 6) is -1.36. The van der Waals surface area contributed by atoms with Crippen LogP contribution >= 0.6 is 0 Å². The molecule has 0 aliphatic rings. The maximum Gasteiger partial charge on any atom is 1.00 e. The first-order valence-electron chi connectivity index (χ1n) is 1.71. The zero-order valence-electron chi connectivity index (χ0n) is 3.86. The monoisotopic (exact) mass is 210 g/mol. The molecule has 0 radical (unpaired) electrons. The second-order valence-electron chi connectivity index (χ2n) is 0.876. The van der Waals surface area contributed by atoms with Gasteiger partial charge in [0.05, 0.1) is 5.97 Å². The summed E-state index contributed by atoms with van der Waals surface area (Å²) in [7, 11) is 0. The summed E-state index contributed by atoms with van der Waals surface area (Å²) < 4.78 is 11.0. The number of rotatable bonds is 2. The molecule has 0 aliphatic carbocycles. The maximum absolute atomic E-state index is 11.0. The molecular weight excluding hydrogens is 207 g/mol. The van der Waals surface area contributed by atoms with Gasteiger partial charge in [-0.15, -0.1) is 0 Å². The van der Waals surface area contributed by atoms with E-state index in [0.29, 0.717) is 6.08 Å². The molecule has 0 aromatic heterocycles. The number of carbonyl (C=O) groups excluding carboxylic acids is 1. The Morgan fingerprint density at radius 2 is 2.25 bits per heavy atom. The third-order valence-corrected chi connectivity index (χ3v) is 0.343. The van der Waals surface area contributed by atoms with Gasteiger partial charge in [-0.1, -0.05) is 6.08 Å². The quantitative estimate of drug-likeness (QED) is 0.445. The van der Waals surface area contributed by atoms with Gasteiger partial charge >= 0.3 is 22.4 Å². The molecule has 0 spiro atoms. The molecule has 0 saturated carbocycles. The van der Waals surface area contributed by atoms with Crippen molar-refractivity contribution < 1.29 is 36.7 Å². The predicted molar refractivity (Wildman–Crippen MR) is 20.1 cm³/mol. The smallest absolute Gasteiger partial charge is 0.545 e. The Labute approximate surface area is 61.9 Å². The number of halogens is 1. The van der Waals surface area contributed by atoms with Gasteiger partial charge in [-0.3, -0.25) is 0 Å². The molecule has 8 heavy (non-hydrogen) atoms. The molecule has 0 saturated heterocycles. The molecule has 0 aromatic rings. The molecule has 4 heteroatoms. The molecule has 0 aromatic carbocycles. The molecule has 0 fully saturated rings. The minimum Gasteiger partial charge on any atom is -0.545 e. The van der Waals surface area contributed by atoms with Gasteiger partial charge in [-0.2, -0.15) is 0 Å². The van der Waals surface area contributed by atoms with Crippen LogP contribution in [0.3, 0.4) is 0 Å². The number of carboxylic acid groups (broad SMARTS) is 1. The summed E-state index contributed by atoms with van der Waals surface area (Å²) in [5, 5.41) is 9.39. The molecule has 0 heterocycles. The second kappa shape index (κ2) is 6.88. The number of alkyl halides is 1. The molecule has 0 bridgehead atoms. The standard InChI is InChI=1S/C4H5FO2.Ag/c5-3-1-2-4(6)7;/h1-2H,3H2,(H,6,7);/q;+1/p-1/b2-1+;. The Kier molecular flexibility index (Phi) is 9.28. The minimum absolute atomic E-state index is 0. The van der Waals surface area contributed by atoms with Crippen molar-refractivity contribution in [1.29, 1.82) is 0 Å². The van der Waals surface area contributed by atoms with Gasteiger partial charge < -0.3 is 9.90 Å². The summed E-state index contributed by atoms with van der Waals surface area (Å²) in [6.07, 6.45) is 1.52. The fraction of sp³-hybridized carbons (Fsp3) is 0.250. The molecule has 2 nitrogen and oxygen atoms in total. The van der Waals surface area contributed by atoms with Crippen LogP contribution in [0.4, 0.5) is 4.39 Å². The average Bonchev–Trinajstić information content (AvgIpc) is 1.61. The number of hydrogen-bond donors (Lipinski definition) is 0. The van der Waals surface area contributed by atoms with Crippen molar-refractivity contribution >= 4 is 5.97 Å². The Balaban J connectivity index is 0. The van der Waals surface area contributed by atoms with Crippen LogP contribution in [0.2, 0.25) is 0 Å². The van der Waals surface area contributed by atoms with E-state index in [1.54, 1.807) is 0 Å². The van der Waals surface area contributed by atoms with Crippen LogP contribution in [0.5, 0.6) is 0 Å². The molecule has 0 aliphatic heterocycles. The van der Waals surface area contributed by atoms with E-state index >= 15 is 0 Å². The van der Waals surface area contributed by atoms with E-state index < -0.39 is 12.6 Å². The largest absolute Gasteiger partial charge is 1.00 e. The molecule has 0 rings (SSSR count). The molecule has 0 atom stereocenters. The Morgan fingerprint density at radius 1 is 1.75 bits per heavy atom. The van der Waals surface area contributed by atoms with E-state index in [-0.39, 0.29) is 22.4 Å². The molecule has 50 valence electrons. The van der Waals surface area contributed by atoms with Crippen molar-refractivity contribution in [2.24, 2.45) is 0 Å². The summed E-state index contributed by atoms with van der Waals surface area (Å²) in [6, 6.07) is 0. The number of aliphatic carboxylic acids is 1. The van der Waals surface area contributed by atoms with E-state index in [1.165, 1.54) is 0 Å². The van der Waals surface area contributed by atoms with Crippen LogP contribution in [0, 0.1) is 0 Å². The van der Waals surface area contributed by atoms with Crippen molar-refractivity contribution in [3.05, 3.63) is 12.2 Å². The molecular formula is C4H4AgFO2. The van der Waals surface area contributed by atoms with Gasteiger partial charge in [0.25, 0.3) is 0 Å². The first kappa shape index (κ1) is 10.8. The van der Waals surface area contributed by atoms with Crippen molar-refractivity contribution in [3.63, 3.8) is 0 Å². The number of hydrogen-bond acceptors (Lipinski definition) is 2. The van der Waals surface area contributed by atoms with Crippen LogP contribution in [-0.4, -0.2) is 12.6 Å². The van der Waals surface area contributed by atoms with Gasteiger partial charge in [0.2, 0.25) is 0 Å². The second-order valence-corrected chi connectivity index (χ2v) is 0.876. The van der Waals surface area contributed by atoms with Gasteiger partial charge in [0, 0.05) is 0 Å². The fourth-order valence-electron chi connectivity index (χ4n) is 0.141. The van der Waals surface area contributed by atoms with E-state index in [0.717, 1.165) is 6.08 Å². The average molecular weight is 211 g/mol. The Bertz CT molecular complexity index is 92.0. The summed E-state index contributed by atoms with van der Waals surface area (Å²) in [6.45, 7) is -0.756.